The second-order valence-electron chi connectivity index (χ2n) is 5.78. The van der Waals surface area contributed by atoms with Crippen molar-refractivity contribution < 1.29 is 8.42 Å². The van der Waals surface area contributed by atoms with E-state index in [1.54, 1.807) is 0 Å². The van der Waals surface area contributed by atoms with Gasteiger partial charge in [0.05, 0.1) is 11.5 Å². The Bertz CT molecular complexity index is 541. The molecule has 2 unspecified atom stereocenters. The summed E-state index contributed by atoms with van der Waals surface area (Å²) in [6.07, 6.45) is 1.56. The van der Waals surface area contributed by atoms with E-state index >= 15 is 0 Å². The number of rotatable bonds is 4. The van der Waals surface area contributed by atoms with Crippen LogP contribution in [-0.4, -0.2) is 31.5 Å². The molecule has 0 aromatic heterocycles. The second-order valence-corrected chi connectivity index (χ2v) is 8.40. The predicted octanol–water partition coefficient (Wildman–Crippen LogP) is 2.44. The van der Waals surface area contributed by atoms with Crippen LogP contribution >= 0.6 is 11.6 Å². The van der Waals surface area contributed by atoms with E-state index in [2.05, 4.69) is 12.2 Å². The summed E-state index contributed by atoms with van der Waals surface area (Å²) < 4.78 is 23.1. The summed E-state index contributed by atoms with van der Waals surface area (Å²) in [6.45, 7) is 4.08. The highest BCUT2D eigenvalue weighted by atomic mass is 35.5. The first-order valence-electron chi connectivity index (χ1n) is 6.51. The number of hydrogen-bond donors (Lipinski definition) is 1. The topological polar surface area (TPSA) is 46.2 Å². The van der Waals surface area contributed by atoms with Gasteiger partial charge in [0.2, 0.25) is 0 Å². The van der Waals surface area contributed by atoms with Gasteiger partial charge in [0.15, 0.2) is 9.84 Å². The monoisotopic (exact) mass is 301 g/mol. The lowest BCUT2D eigenvalue weighted by Crippen LogP contribution is -2.48. The smallest absolute Gasteiger partial charge is 0.152 e. The van der Waals surface area contributed by atoms with Gasteiger partial charge in [-0.05, 0) is 44.4 Å². The number of hydrogen-bond acceptors (Lipinski definition) is 3. The molecule has 0 bridgehead atoms. The molecule has 1 N–H and O–H groups in total. The van der Waals surface area contributed by atoms with Crippen molar-refractivity contribution >= 4 is 21.4 Å². The van der Waals surface area contributed by atoms with Crippen molar-refractivity contribution in [3.05, 3.63) is 34.9 Å². The Hall–Kier alpha value is -0.580. The standard InChI is InChI=1S/C14H20ClNO2S/c1-11(9-12-3-5-13(15)6-4-12)16-14(2)7-8-19(17,18)10-14/h3-6,11,16H,7-10H2,1-2H3. The summed E-state index contributed by atoms with van der Waals surface area (Å²) in [5.41, 5.74) is 0.916. The fraction of sp³-hybridized carbons (Fsp3) is 0.571. The Morgan fingerprint density at radius 3 is 2.53 bits per heavy atom. The van der Waals surface area contributed by atoms with Crippen LogP contribution in [-0.2, 0) is 16.3 Å². The number of benzene rings is 1. The molecule has 0 saturated carbocycles. The van der Waals surface area contributed by atoms with Crippen molar-refractivity contribution in [2.24, 2.45) is 0 Å². The largest absolute Gasteiger partial charge is 0.308 e. The minimum atomic E-state index is -2.86. The number of sulfone groups is 1. The quantitative estimate of drug-likeness (QED) is 0.929. The van der Waals surface area contributed by atoms with Gasteiger partial charge in [-0.15, -0.1) is 0 Å². The normalized spacial score (nSPS) is 27.3. The van der Waals surface area contributed by atoms with Gasteiger partial charge in [0.1, 0.15) is 0 Å². The molecule has 0 aliphatic carbocycles. The van der Waals surface area contributed by atoms with Gasteiger partial charge in [-0.1, -0.05) is 23.7 Å². The molecular weight excluding hydrogens is 282 g/mol. The molecule has 0 spiro atoms. The Balaban J connectivity index is 1.94. The number of halogens is 1. The molecular formula is C14H20ClNO2S. The summed E-state index contributed by atoms with van der Waals surface area (Å²) in [5.74, 6) is 0.537. The fourth-order valence-electron chi connectivity index (χ4n) is 2.74. The summed E-state index contributed by atoms with van der Waals surface area (Å²) >= 11 is 5.86. The maximum Gasteiger partial charge on any atom is 0.152 e. The molecule has 1 aliphatic rings. The molecule has 106 valence electrons. The number of nitrogens with one attached hydrogen (secondary N) is 1. The molecule has 0 amide bonds. The Morgan fingerprint density at radius 1 is 1.37 bits per heavy atom. The maximum absolute atomic E-state index is 11.6. The highest BCUT2D eigenvalue weighted by Gasteiger charge is 2.38. The van der Waals surface area contributed by atoms with E-state index in [4.69, 9.17) is 11.6 Å². The second kappa shape index (κ2) is 5.43. The van der Waals surface area contributed by atoms with Crippen LogP contribution in [0.25, 0.3) is 0 Å². The lowest BCUT2D eigenvalue weighted by molar-refractivity contribution is 0.349. The van der Waals surface area contributed by atoms with Crippen molar-refractivity contribution in [1.82, 2.24) is 5.32 Å². The first-order chi connectivity index (χ1) is 8.78. The highest BCUT2D eigenvalue weighted by Crippen LogP contribution is 2.24. The third-order valence-electron chi connectivity index (χ3n) is 3.55. The van der Waals surface area contributed by atoms with Crippen LogP contribution in [0.5, 0.6) is 0 Å². The van der Waals surface area contributed by atoms with Crippen molar-refractivity contribution in [3.8, 4) is 0 Å². The molecule has 1 aliphatic heterocycles. The molecule has 2 rings (SSSR count). The van der Waals surface area contributed by atoms with Crippen molar-refractivity contribution in [3.63, 3.8) is 0 Å². The van der Waals surface area contributed by atoms with Gasteiger partial charge in [-0.2, -0.15) is 0 Å². The summed E-state index contributed by atoms with van der Waals surface area (Å²) in [6, 6.07) is 8.01. The third-order valence-corrected chi connectivity index (χ3v) is 5.71. The lowest BCUT2D eigenvalue weighted by Gasteiger charge is -2.28. The third kappa shape index (κ3) is 4.20. The average Bonchev–Trinajstić information content (AvgIpc) is 2.56. The van der Waals surface area contributed by atoms with E-state index in [-0.39, 0.29) is 17.3 Å². The van der Waals surface area contributed by atoms with Gasteiger partial charge >= 0.3 is 0 Å². The Morgan fingerprint density at radius 2 is 2.00 bits per heavy atom. The van der Waals surface area contributed by atoms with Gasteiger partial charge in [0, 0.05) is 16.6 Å². The van der Waals surface area contributed by atoms with E-state index in [0.29, 0.717) is 12.2 Å². The molecule has 2 atom stereocenters. The molecule has 1 aromatic carbocycles. The van der Waals surface area contributed by atoms with Gasteiger partial charge in [0.25, 0.3) is 0 Å². The van der Waals surface area contributed by atoms with Crippen molar-refractivity contribution in [1.29, 1.82) is 0 Å². The van der Waals surface area contributed by atoms with Crippen LogP contribution in [0, 0.1) is 0 Å². The first kappa shape index (κ1) is 14.8. The minimum absolute atomic E-state index is 0.236. The van der Waals surface area contributed by atoms with E-state index in [9.17, 15) is 8.42 Å². The summed E-state index contributed by atoms with van der Waals surface area (Å²) in [7, 11) is -2.86. The zero-order valence-corrected chi connectivity index (χ0v) is 12.9. The maximum atomic E-state index is 11.6. The molecule has 3 nitrogen and oxygen atoms in total. The fourth-order valence-corrected chi connectivity index (χ4v) is 4.97. The van der Waals surface area contributed by atoms with Crippen LogP contribution in [0.15, 0.2) is 24.3 Å². The van der Waals surface area contributed by atoms with Crippen molar-refractivity contribution in [2.75, 3.05) is 11.5 Å². The molecule has 1 saturated heterocycles. The van der Waals surface area contributed by atoms with Crippen LogP contribution in [0.4, 0.5) is 0 Å². The van der Waals surface area contributed by atoms with Gasteiger partial charge < -0.3 is 5.32 Å². The molecule has 1 fully saturated rings. The summed E-state index contributed by atoms with van der Waals surface area (Å²) in [5, 5.41) is 4.20. The SMILES string of the molecule is CC(Cc1ccc(Cl)cc1)NC1(C)CCS(=O)(=O)C1. The average molecular weight is 302 g/mol. The zero-order valence-electron chi connectivity index (χ0n) is 11.3. The van der Waals surface area contributed by atoms with Crippen LogP contribution in [0.3, 0.4) is 0 Å². The van der Waals surface area contributed by atoms with E-state index in [1.807, 2.05) is 31.2 Å². The van der Waals surface area contributed by atoms with Gasteiger partial charge in [-0.25, -0.2) is 8.42 Å². The highest BCUT2D eigenvalue weighted by molar-refractivity contribution is 7.91. The molecule has 19 heavy (non-hydrogen) atoms. The molecule has 1 heterocycles. The van der Waals surface area contributed by atoms with Crippen LogP contribution in [0.1, 0.15) is 25.8 Å². The lowest BCUT2D eigenvalue weighted by atomic mass is 9.98. The molecule has 1 aromatic rings. The van der Waals surface area contributed by atoms with Crippen LogP contribution in [0.2, 0.25) is 5.02 Å². The van der Waals surface area contributed by atoms with E-state index < -0.39 is 9.84 Å². The summed E-state index contributed by atoms with van der Waals surface area (Å²) in [4.78, 5) is 0. The van der Waals surface area contributed by atoms with Crippen LogP contribution < -0.4 is 5.32 Å². The van der Waals surface area contributed by atoms with Gasteiger partial charge in [-0.3, -0.25) is 0 Å². The van der Waals surface area contributed by atoms with E-state index in [0.717, 1.165) is 11.4 Å². The molecule has 5 heteroatoms. The first-order valence-corrected chi connectivity index (χ1v) is 8.71. The Kier molecular flexibility index (Phi) is 4.23. The molecule has 0 radical (unpaired) electrons. The van der Waals surface area contributed by atoms with Crippen molar-refractivity contribution in [2.45, 2.75) is 38.3 Å². The Labute approximate surface area is 120 Å². The predicted molar refractivity (Wildman–Crippen MR) is 79.4 cm³/mol. The minimum Gasteiger partial charge on any atom is -0.308 e. The van der Waals surface area contributed by atoms with E-state index in [1.165, 1.54) is 5.56 Å². The zero-order chi connectivity index (χ0) is 14.1.